The zero-order chi connectivity index (χ0) is 19.3. The minimum atomic E-state index is -4.60. The van der Waals surface area contributed by atoms with Crippen LogP contribution in [-0.4, -0.2) is 43.2 Å². The van der Waals surface area contributed by atoms with Gasteiger partial charge in [-0.25, -0.2) is 0 Å². The monoisotopic (exact) mass is 374 g/mol. The van der Waals surface area contributed by atoms with E-state index in [0.29, 0.717) is 18.2 Å². The molecule has 148 valence electrons. The lowest BCUT2D eigenvalue weighted by Gasteiger charge is -2.36. The van der Waals surface area contributed by atoms with Crippen LogP contribution in [0.15, 0.2) is 18.2 Å². The van der Waals surface area contributed by atoms with E-state index in [2.05, 4.69) is 11.8 Å². The van der Waals surface area contributed by atoms with Gasteiger partial charge in [0.25, 0.3) is 0 Å². The summed E-state index contributed by atoms with van der Waals surface area (Å²) in [5.41, 5.74) is 8.47. The molecular formula is C19H29F3N2O2. The third-order valence-corrected chi connectivity index (χ3v) is 5.18. The zero-order valence-corrected chi connectivity index (χ0v) is 15.4. The van der Waals surface area contributed by atoms with Gasteiger partial charge in [0, 0.05) is 25.8 Å². The lowest BCUT2D eigenvalue weighted by molar-refractivity contribution is -0.206. The Bertz CT molecular complexity index is 574. The molecule has 1 aliphatic heterocycles. The van der Waals surface area contributed by atoms with E-state index < -0.39 is 12.3 Å². The van der Waals surface area contributed by atoms with Gasteiger partial charge in [-0.2, -0.15) is 13.2 Å². The summed E-state index contributed by atoms with van der Waals surface area (Å²) >= 11 is 0. The first kappa shape index (κ1) is 20.8. The topological polar surface area (TPSA) is 58.7 Å². The van der Waals surface area contributed by atoms with E-state index in [4.69, 9.17) is 10.5 Å². The fraction of sp³-hybridized carbons (Fsp3) is 0.684. The van der Waals surface area contributed by atoms with Crippen LogP contribution in [0.3, 0.4) is 0 Å². The molecule has 0 bridgehead atoms. The van der Waals surface area contributed by atoms with Crippen molar-refractivity contribution in [2.75, 3.05) is 30.4 Å². The molecule has 2 atom stereocenters. The number of nitrogens with two attached hydrogens (primary N) is 1. The number of halogens is 3. The number of nitrogens with zero attached hydrogens (tertiary/aromatic N) is 1. The largest absolute Gasteiger partial charge is 0.414 e. The first-order valence-corrected chi connectivity index (χ1v) is 9.26. The van der Waals surface area contributed by atoms with Crippen molar-refractivity contribution in [2.24, 2.45) is 0 Å². The van der Waals surface area contributed by atoms with Crippen molar-refractivity contribution in [3.8, 4) is 0 Å². The zero-order valence-electron chi connectivity index (χ0n) is 15.4. The molecule has 7 heteroatoms. The number of benzene rings is 1. The molecule has 0 radical (unpaired) electrons. The van der Waals surface area contributed by atoms with E-state index >= 15 is 0 Å². The van der Waals surface area contributed by atoms with E-state index in [-0.39, 0.29) is 12.3 Å². The number of alkyl halides is 3. The van der Waals surface area contributed by atoms with Crippen molar-refractivity contribution >= 4 is 11.4 Å². The van der Waals surface area contributed by atoms with Gasteiger partial charge in [-0.15, -0.1) is 0 Å². The van der Waals surface area contributed by atoms with Gasteiger partial charge in [0.15, 0.2) is 0 Å². The summed E-state index contributed by atoms with van der Waals surface area (Å²) in [4.78, 5) is 2.24. The van der Waals surface area contributed by atoms with Gasteiger partial charge in [0.2, 0.25) is 0 Å². The number of hydrogen-bond donors (Lipinski definition) is 2. The Hall–Kier alpha value is -1.47. The number of ether oxygens (including phenoxy) is 1. The fourth-order valence-electron chi connectivity index (χ4n) is 3.65. The molecule has 0 aliphatic carbocycles. The highest BCUT2D eigenvalue weighted by atomic mass is 19.4. The van der Waals surface area contributed by atoms with Crippen LogP contribution >= 0.6 is 0 Å². The van der Waals surface area contributed by atoms with Gasteiger partial charge in [0.05, 0.1) is 11.4 Å². The molecule has 4 nitrogen and oxygen atoms in total. The minimum absolute atomic E-state index is 0.351. The number of rotatable bonds is 7. The van der Waals surface area contributed by atoms with Gasteiger partial charge in [-0.3, -0.25) is 0 Å². The Balaban J connectivity index is 2.18. The molecule has 1 aromatic rings. The summed E-state index contributed by atoms with van der Waals surface area (Å²) in [7, 11) is 0. The Labute approximate surface area is 153 Å². The maximum absolute atomic E-state index is 12.7. The molecule has 26 heavy (non-hydrogen) atoms. The van der Waals surface area contributed by atoms with Crippen LogP contribution in [0.5, 0.6) is 0 Å². The molecule has 3 N–H and O–H groups in total. The number of hydrogen-bond acceptors (Lipinski definition) is 4. The normalized spacial score (nSPS) is 18.5. The van der Waals surface area contributed by atoms with Crippen LogP contribution in [0.25, 0.3) is 0 Å². The van der Waals surface area contributed by atoms with Crippen molar-refractivity contribution in [3.05, 3.63) is 23.8 Å². The van der Waals surface area contributed by atoms with Crippen LogP contribution in [0.4, 0.5) is 24.5 Å². The Kier molecular flexibility index (Phi) is 7.17. The van der Waals surface area contributed by atoms with Gasteiger partial charge in [-0.05, 0) is 56.2 Å². The van der Waals surface area contributed by atoms with Gasteiger partial charge < -0.3 is 20.5 Å². The van der Waals surface area contributed by atoms with E-state index in [1.807, 2.05) is 19.1 Å². The Morgan fingerprint density at radius 2 is 1.92 bits per heavy atom. The molecule has 0 aromatic heterocycles. The highest BCUT2D eigenvalue weighted by Crippen LogP contribution is 2.35. The summed E-state index contributed by atoms with van der Waals surface area (Å²) in [6.07, 6.45) is -4.89. The van der Waals surface area contributed by atoms with Crippen LogP contribution < -0.4 is 10.6 Å². The molecule has 1 aliphatic rings. The van der Waals surface area contributed by atoms with Gasteiger partial charge in [-0.1, -0.05) is 13.0 Å². The van der Waals surface area contributed by atoms with Crippen LogP contribution in [-0.2, 0) is 4.74 Å². The first-order valence-electron chi connectivity index (χ1n) is 9.26. The van der Waals surface area contributed by atoms with E-state index in [1.54, 1.807) is 6.07 Å². The summed E-state index contributed by atoms with van der Waals surface area (Å²) < 4.78 is 43.4. The van der Waals surface area contributed by atoms with Gasteiger partial charge in [0.1, 0.15) is 6.10 Å². The third-order valence-electron chi connectivity index (χ3n) is 5.18. The molecule has 1 unspecified atom stereocenters. The summed E-state index contributed by atoms with van der Waals surface area (Å²) in [6, 6.07) is 5.85. The van der Waals surface area contributed by atoms with Gasteiger partial charge >= 0.3 is 6.18 Å². The summed E-state index contributed by atoms with van der Waals surface area (Å²) in [5.74, 6) is -0.388. The fourth-order valence-corrected chi connectivity index (χ4v) is 3.65. The molecule has 0 saturated carbocycles. The van der Waals surface area contributed by atoms with Crippen molar-refractivity contribution in [2.45, 2.75) is 63.8 Å². The summed E-state index contributed by atoms with van der Waals surface area (Å²) in [6.45, 7) is 6.15. The third kappa shape index (κ3) is 5.04. The van der Waals surface area contributed by atoms with E-state index in [9.17, 15) is 18.3 Å². The predicted octanol–water partition coefficient (Wildman–Crippen LogP) is 4.08. The molecule has 1 heterocycles. The molecule has 1 fully saturated rings. The summed E-state index contributed by atoms with van der Waals surface area (Å²) in [5, 5.41) is 9.39. The van der Waals surface area contributed by atoms with Crippen molar-refractivity contribution in [3.63, 3.8) is 0 Å². The highest BCUT2D eigenvalue weighted by Gasteiger charge is 2.39. The van der Waals surface area contributed by atoms with Crippen LogP contribution in [0.2, 0.25) is 0 Å². The molecule has 0 amide bonds. The average molecular weight is 374 g/mol. The van der Waals surface area contributed by atoms with Crippen molar-refractivity contribution < 1.29 is 23.0 Å². The lowest BCUT2D eigenvalue weighted by Crippen LogP contribution is -2.39. The predicted molar refractivity (Wildman–Crippen MR) is 97.4 cm³/mol. The average Bonchev–Trinajstić information content (AvgIpc) is 2.61. The lowest BCUT2D eigenvalue weighted by atomic mass is 9.90. The minimum Gasteiger partial charge on any atom is -0.397 e. The highest BCUT2D eigenvalue weighted by molar-refractivity contribution is 5.69. The number of aliphatic hydroxyl groups excluding tert-OH is 1. The number of nitrogen functional groups attached to an aromatic ring is 1. The molecular weight excluding hydrogens is 345 g/mol. The maximum atomic E-state index is 12.7. The second-order valence-electron chi connectivity index (χ2n) is 6.85. The second-order valence-corrected chi connectivity index (χ2v) is 6.85. The Morgan fingerprint density at radius 3 is 2.42 bits per heavy atom. The van der Waals surface area contributed by atoms with E-state index in [0.717, 1.165) is 43.9 Å². The molecule has 1 saturated heterocycles. The number of anilines is 2. The first-order chi connectivity index (χ1) is 12.3. The SMILES string of the molecule is CC[C@H](CC(O)C(F)(F)F)c1ccc(N(CC)C2CCOCC2)c(N)c1. The second kappa shape index (κ2) is 8.95. The Morgan fingerprint density at radius 1 is 1.27 bits per heavy atom. The number of aliphatic hydroxyl groups is 1. The van der Waals surface area contributed by atoms with Crippen LogP contribution in [0.1, 0.15) is 51.0 Å². The van der Waals surface area contributed by atoms with Crippen LogP contribution in [0, 0.1) is 0 Å². The molecule has 0 spiro atoms. The van der Waals surface area contributed by atoms with E-state index in [1.165, 1.54) is 0 Å². The molecule has 2 rings (SSSR count). The van der Waals surface area contributed by atoms with Crippen molar-refractivity contribution in [1.82, 2.24) is 0 Å². The maximum Gasteiger partial charge on any atom is 0.414 e. The standard InChI is InChI=1S/C19H29F3N2O2/c1-3-13(12-18(25)19(20,21)22)14-5-6-17(16(23)11-14)24(4-2)15-7-9-26-10-8-15/h5-6,11,13,15,18,25H,3-4,7-10,12,23H2,1-2H3/t13-,18?/m1/s1. The van der Waals surface area contributed by atoms with Crippen molar-refractivity contribution in [1.29, 1.82) is 0 Å². The smallest absolute Gasteiger partial charge is 0.397 e. The quantitative estimate of drug-likeness (QED) is 0.706. The molecule has 1 aromatic carbocycles.